The van der Waals surface area contributed by atoms with Crippen molar-refractivity contribution in [2.24, 2.45) is 0 Å². The van der Waals surface area contributed by atoms with Crippen LogP contribution in [-0.2, 0) is 23.2 Å². The van der Waals surface area contributed by atoms with Crippen molar-refractivity contribution in [3.63, 3.8) is 0 Å². The molecule has 2 aliphatic rings. The molecule has 4 heteroatoms. The quantitative estimate of drug-likeness (QED) is 0.508. The number of rotatable bonds is 3. The van der Waals surface area contributed by atoms with Crippen molar-refractivity contribution in [3.05, 3.63) is 92.9 Å². The van der Waals surface area contributed by atoms with Gasteiger partial charge in [0, 0.05) is 0 Å². The van der Waals surface area contributed by atoms with E-state index in [0.717, 1.165) is 0 Å². The number of hydrogen-bond acceptors (Lipinski definition) is 0. The molecular weight excluding hydrogens is 452 g/mol. The number of para-hydroxylation sites is 1. The van der Waals surface area contributed by atoms with Crippen LogP contribution < -0.4 is 24.8 Å². The predicted molar refractivity (Wildman–Crippen MR) is 102 cm³/mol. The summed E-state index contributed by atoms with van der Waals surface area (Å²) < 4.78 is 4.75. The number of halogens is 2. The third-order valence-electron chi connectivity index (χ3n) is 5.22. The van der Waals surface area contributed by atoms with Crippen molar-refractivity contribution in [1.29, 1.82) is 0 Å². The Morgan fingerprint density at radius 1 is 1.00 bits per heavy atom. The Morgan fingerprint density at radius 3 is 2.67 bits per heavy atom. The summed E-state index contributed by atoms with van der Waals surface area (Å²) in [5.74, 6) is 0. The molecule has 0 amide bonds. The first-order chi connectivity index (χ1) is 12.3. The minimum Gasteiger partial charge on any atom is -1.00 e. The summed E-state index contributed by atoms with van der Waals surface area (Å²) in [5, 5.41) is 1.30. The van der Waals surface area contributed by atoms with Gasteiger partial charge in [0.05, 0.1) is 0 Å². The molecule has 0 saturated heterocycles. The summed E-state index contributed by atoms with van der Waals surface area (Å²) in [4.78, 5) is 0. The Hall–Kier alpha value is -1.34. The van der Waals surface area contributed by atoms with E-state index in [1.807, 2.05) is 0 Å². The van der Waals surface area contributed by atoms with Crippen LogP contribution in [-0.4, -0.2) is 4.57 Å². The maximum absolute atomic E-state index is 2.44. The molecule has 2 aromatic carbocycles. The van der Waals surface area contributed by atoms with E-state index in [2.05, 4.69) is 90.5 Å². The average molecular weight is 472 g/mol. The van der Waals surface area contributed by atoms with E-state index in [1.54, 1.807) is 14.4 Å². The molecule has 5 rings (SSSR count). The van der Waals surface area contributed by atoms with Crippen LogP contribution in [0.3, 0.4) is 0 Å². The Balaban J connectivity index is 0.00000105. The molecule has 0 fully saturated rings. The standard InChI is InChI=1S/C18H14N.C5H5.2ClH.Zr/c1-13-11-15-6-4-8-18(16(15)12-13)19-10-9-14-5-2-3-7-17(14)19;1-2-4-5-3-1;;;/h2-12H,1H3;1-3H,4H2;2*1H;/q;;;;+2/p-2. The molecule has 1 heterocycles. The molecule has 0 radical (unpaired) electrons. The number of fused-ring (bicyclic) bond motifs is 2. The zero-order valence-electron chi connectivity index (χ0n) is 15.0. The second-order valence-corrected chi connectivity index (χ2v) is 10.5. The maximum atomic E-state index is 2.44. The van der Waals surface area contributed by atoms with Gasteiger partial charge in [-0.2, -0.15) is 0 Å². The first kappa shape index (κ1) is 20.4. The Bertz CT molecular complexity index is 1070. The summed E-state index contributed by atoms with van der Waals surface area (Å²) in [6.07, 6.45) is 12.7. The van der Waals surface area contributed by atoms with Crippen molar-refractivity contribution < 1.29 is 48.0 Å². The second-order valence-electron chi connectivity index (χ2n) is 6.81. The van der Waals surface area contributed by atoms with Gasteiger partial charge in [0.25, 0.3) is 0 Å². The van der Waals surface area contributed by atoms with Gasteiger partial charge < -0.3 is 24.8 Å². The molecule has 0 saturated carbocycles. The zero-order valence-corrected chi connectivity index (χ0v) is 19.0. The molecule has 1 unspecified atom stereocenters. The molecular formula is C23H19Cl2NZr. The number of hydrogen-bond donors (Lipinski definition) is 0. The topological polar surface area (TPSA) is 4.93 Å². The molecule has 1 nitrogen and oxygen atoms in total. The van der Waals surface area contributed by atoms with Gasteiger partial charge in [-0.25, -0.2) is 0 Å². The average Bonchev–Trinajstić information content (AvgIpc) is 3.35. The summed E-state index contributed by atoms with van der Waals surface area (Å²) >= 11 is -0.616. The maximum Gasteiger partial charge on any atom is -1.00 e. The number of benzene rings is 2. The van der Waals surface area contributed by atoms with Gasteiger partial charge in [-0.05, 0) is 0 Å². The second kappa shape index (κ2) is 8.35. The van der Waals surface area contributed by atoms with Crippen molar-refractivity contribution in [3.8, 4) is 5.69 Å². The number of nitrogens with zero attached hydrogens (tertiary/aromatic N) is 1. The molecule has 27 heavy (non-hydrogen) atoms. The van der Waals surface area contributed by atoms with Gasteiger partial charge in [0.2, 0.25) is 0 Å². The van der Waals surface area contributed by atoms with Gasteiger partial charge >= 0.3 is 160 Å². The molecule has 1 aromatic heterocycles. The summed E-state index contributed by atoms with van der Waals surface area (Å²) in [7, 11) is 0. The smallest absolute Gasteiger partial charge is 1.00 e. The van der Waals surface area contributed by atoms with E-state index < -0.39 is 23.2 Å². The third-order valence-corrected chi connectivity index (χ3v) is 9.63. The van der Waals surface area contributed by atoms with Crippen LogP contribution in [0.15, 0.2) is 81.8 Å². The fraction of sp³-hybridized carbons (Fsp3) is 0.130. The summed E-state index contributed by atoms with van der Waals surface area (Å²) in [6.45, 7) is 2.33. The van der Waals surface area contributed by atoms with E-state index >= 15 is 0 Å². The van der Waals surface area contributed by atoms with Gasteiger partial charge in [0.1, 0.15) is 0 Å². The van der Waals surface area contributed by atoms with Crippen LogP contribution in [0.25, 0.3) is 22.7 Å². The van der Waals surface area contributed by atoms with Crippen LogP contribution >= 0.6 is 0 Å². The summed E-state index contributed by atoms with van der Waals surface area (Å²) in [5.41, 5.74) is 7.14. The molecule has 0 spiro atoms. The molecule has 0 bridgehead atoms. The Labute approximate surface area is 184 Å². The van der Waals surface area contributed by atoms with Crippen LogP contribution in [0.1, 0.15) is 28.1 Å². The monoisotopic (exact) mass is 469 g/mol. The van der Waals surface area contributed by atoms with Crippen molar-refractivity contribution in [2.45, 2.75) is 17.0 Å². The van der Waals surface area contributed by atoms with Gasteiger partial charge in [-0.1, -0.05) is 0 Å². The molecule has 0 N–H and O–H groups in total. The van der Waals surface area contributed by atoms with Gasteiger partial charge in [-0.3, -0.25) is 0 Å². The fourth-order valence-electron chi connectivity index (χ4n) is 3.97. The van der Waals surface area contributed by atoms with E-state index in [-0.39, 0.29) is 24.8 Å². The molecule has 1 atom stereocenters. The molecule has 134 valence electrons. The van der Waals surface area contributed by atoms with E-state index in [1.165, 1.54) is 28.6 Å². The minimum atomic E-state index is -0.616. The third kappa shape index (κ3) is 3.56. The Kier molecular flexibility index (Phi) is 6.31. The minimum absolute atomic E-state index is 0. The number of allylic oxidation sites excluding steroid dienone is 5. The van der Waals surface area contributed by atoms with Crippen LogP contribution in [0.5, 0.6) is 0 Å². The first-order valence-electron chi connectivity index (χ1n) is 8.81. The fourth-order valence-corrected chi connectivity index (χ4v) is 7.70. The van der Waals surface area contributed by atoms with Crippen molar-refractivity contribution >= 4 is 17.0 Å². The van der Waals surface area contributed by atoms with Crippen LogP contribution in [0.2, 0.25) is 0 Å². The molecule has 2 aliphatic carbocycles. The van der Waals surface area contributed by atoms with Crippen LogP contribution in [0, 0.1) is 0 Å². The predicted octanol–water partition coefficient (Wildman–Crippen LogP) is 0.0228. The number of aromatic nitrogens is 1. The molecule has 3 aromatic rings. The first-order valence-corrected chi connectivity index (χ1v) is 11.5. The van der Waals surface area contributed by atoms with Crippen molar-refractivity contribution in [1.82, 2.24) is 4.57 Å². The van der Waals surface area contributed by atoms with E-state index in [0.29, 0.717) is 3.63 Å². The van der Waals surface area contributed by atoms with Crippen molar-refractivity contribution in [2.75, 3.05) is 0 Å². The van der Waals surface area contributed by atoms with Crippen LogP contribution in [0.4, 0.5) is 0 Å². The van der Waals surface area contributed by atoms with E-state index in [4.69, 9.17) is 0 Å². The van der Waals surface area contributed by atoms with E-state index in [9.17, 15) is 0 Å². The SMILES string of the molecule is CC1=Cc2c(cccc2-n2ccc3ccccc32)[CH]1[Zr+2][C]1=CC=CC1.[Cl-].[Cl-]. The zero-order chi connectivity index (χ0) is 16.8. The molecule has 0 aliphatic heterocycles. The van der Waals surface area contributed by atoms with Gasteiger partial charge in [0.15, 0.2) is 0 Å². The summed E-state index contributed by atoms with van der Waals surface area (Å²) in [6, 6.07) is 17.7. The largest absolute Gasteiger partial charge is 1.00 e. The normalized spacial score (nSPS) is 16.9. The van der Waals surface area contributed by atoms with Gasteiger partial charge in [-0.15, -0.1) is 0 Å². The Morgan fingerprint density at radius 2 is 1.85 bits per heavy atom.